The second kappa shape index (κ2) is 4.23. The van der Waals surface area contributed by atoms with E-state index in [0.29, 0.717) is 0 Å². The quantitative estimate of drug-likeness (QED) is 0.720. The number of carboxylic acid groups (broad SMARTS) is 2. The summed E-state index contributed by atoms with van der Waals surface area (Å²) in [7, 11) is 0. The van der Waals surface area contributed by atoms with Crippen molar-refractivity contribution in [1.29, 1.82) is 0 Å². The summed E-state index contributed by atoms with van der Waals surface area (Å²) in [5.41, 5.74) is -0.504. The van der Waals surface area contributed by atoms with E-state index in [1.165, 1.54) is 24.3 Å². The lowest BCUT2D eigenvalue weighted by atomic mass is 10.1. The van der Waals surface area contributed by atoms with Crippen molar-refractivity contribution in [1.82, 2.24) is 0 Å². The molecule has 1 radical (unpaired) electrons. The average molecular weight is 208 g/mol. The summed E-state index contributed by atoms with van der Waals surface area (Å²) in [6.45, 7) is 0. The fourth-order valence-electron chi connectivity index (χ4n) is 1.04. The number of anilines is 1. The van der Waals surface area contributed by atoms with Crippen LogP contribution in [-0.4, -0.2) is 28.7 Å². The number of aromatic carboxylic acids is 1. The first-order valence-corrected chi connectivity index (χ1v) is 3.81. The first-order valence-electron chi connectivity index (χ1n) is 3.81. The second-order valence-corrected chi connectivity index (χ2v) is 2.53. The van der Waals surface area contributed by atoms with E-state index in [-0.39, 0.29) is 16.2 Å². The molecule has 15 heavy (non-hydrogen) atoms. The predicted molar refractivity (Wildman–Crippen MR) is 49.6 cm³/mol. The maximum Gasteiger partial charge on any atom is 0.419 e. The number of benzene rings is 1. The van der Waals surface area contributed by atoms with E-state index in [2.05, 4.69) is 0 Å². The van der Waals surface area contributed by atoms with Gasteiger partial charge in [-0.15, -0.1) is 0 Å². The van der Waals surface area contributed by atoms with Crippen molar-refractivity contribution < 1.29 is 24.6 Å². The molecular weight excluding hydrogens is 202 g/mol. The molecule has 0 aromatic heterocycles. The fourth-order valence-corrected chi connectivity index (χ4v) is 1.04. The molecular formula is C9H6NO5. The monoisotopic (exact) mass is 208 g/mol. The van der Waals surface area contributed by atoms with E-state index in [0.717, 1.165) is 6.41 Å². The van der Waals surface area contributed by atoms with Gasteiger partial charge in [0.15, 0.2) is 0 Å². The van der Waals surface area contributed by atoms with Gasteiger partial charge in [-0.1, -0.05) is 12.1 Å². The molecule has 0 spiro atoms. The smallest absolute Gasteiger partial charge is 0.419 e. The van der Waals surface area contributed by atoms with Gasteiger partial charge in [0.25, 0.3) is 0 Å². The highest BCUT2D eigenvalue weighted by Gasteiger charge is 2.20. The Morgan fingerprint density at radius 2 is 1.80 bits per heavy atom. The Morgan fingerprint density at radius 3 is 2.27 bits per heavy atom. The van der Waals surface area contributed by atoms with Crippen molar-refractivity contribution >= 4 is 24.2 Å². The molecule has 0 bridgehead atoms. The molecule has 1 aromatic rings. The van der Waals surface area contributed by atoms with Gasteiger partial charge in [-0.25, -0.2) is 14.5 Å². The van der Waals surface area contributed by atoms with Crippen molar-refractivity contribution in [3.05, 3.63) is 29.8 Å². The lowest BCUT2D eigenvalue weighted by molar-refractivity contribution is 0.0698. The molecule has 0 saturated carbocycles. The third-order valence-corrected chi connectivity index (χ3v) is 1.66. The van der Waals surface area contributed by atoms with Crippen LogP contribution >= 0.6 is 0 Å². The molecule has 1 rings (SSSR count). The Labute approximate surface area is 84.4 Å². The molecule has 0 unspecified atom stereocenters. The van der Waals surface area contributed by atoms with Crippen molar-refractivity contribution in [3.63, 3.8) is 0 Å². The van der Waals surface area contributed by atoms with Crippen LogP contribution in [0.15, 0.2) is 24.3 Å². The molecule has 0 aliphatic heterocycles. The molecule has 0 aliphatic carbocycles. The van der Waals surface area contributed by atoms with E-state index in [1.807, 2.05) is 0 Å². The van der Waals surface area contributed by atoms with Crippen LogP contribution in [0.3, 0.4) is 0 Å². The summed E-state index contributed by atoms with van der Waals surface area (Å²) in [6, 6.07) is 5.26. The van der Waals surface area contributed by atoms with E-state index in [4.69, 9.17) is 10.2 Å². The highest BCUT2D eigenvalue weighted by atomic mass is 16.4. The van der Waals surface area contributed by atoms with Crippen LogP contribution in [0, 0.1) is 0 Å². The third kappa shape index (κ3) is 2.11. The molecule has 0 atom stereocenters. The standard InChI is InChI=1S/C9H6NO5/c11-5-10(9(14)15)7-4-2-1-3-6(7)8(12)13/h1-4H,(H,12,13)(H,14,15). The summed E-state index contributed by atoms with van der Waals surface area (Å²) in [6.07, 6.45) is -0.451. The van der Waals surface area contributed by atoms with Gasteiger partial charge in [0, 0.05) is 0 Å². The number of hydrogen-bond donors (Lipinski definition) is 2. The minimum Gasteiger partial charge on any atom is -0.478 e. The molecule has 2 amide bonds. The lowest BCUT2D eigenvalue weighted by Crippen LogP contribution is -2.28. The van der Waals surface area contributed by atoms with Crippen LogP contribution in [0.2, 0.25) is 0 Å². The van der Waals surface area contributed by atoms with Crippen LogP contribution in [0.4, 0.5) is 10.5 Å². The number of carboxylic acids is 1. The highest BCUT2D eigenvalue weighted by Crippen LogP contribution is 2.19. The number of hydrogen-bond acceptors (Lipinski definition) is 3. The van der Waals surface area contributed by atoms with Crippen LogP contribution in [0.1, 0.15) is 10.4 Å². The van der Waals surface area contributed by atoms with Gasteiger partial charge in [0.1, 0.15) is 0 Å². The van der Waals surface area contributed by atoms with Gasteiger partial charge in [0.2, 0.25) is 0 Å². The molecule has 6 nitrogen and oxygen atoms in total. The molecule has 0 heterocycles. The lowest BCUT2D eigenvalue weighted by Gasteiger charge is -2.12. The van der Waals surface area contributed by atoms with Crippen LogP contribution in [-0.2, 0) is 4.79 Å². The number of carbonyl (C=O) groups is 2. The maximum atomic E-state index is 10.7. The van der Waals surface area contributed by atoms with E-state index in [1.54, 1.807) is 0 Å². The highest BCUT2D eigenvalue weighted by molar-refractivity contribution is 6.08. The van der Waals surface area contributed by atoms with Crippen molar-refractivity contribution in [2.45, 2.75) is 0 Å². The fraction of sp³-hybridized carbons (Fsp3) is 0. The Bertz CT molecular complexity index is 415. The summed E-state index contributed by atoms with van der Waals surface area (Å²) in [5.74, 6) is -1.31. The molecule has 0 saturated heterocycles. The minimum atomic E-state index is -1.58. The predicted octanol–water partition coefficient (Wildman–Crippen LogP) is 0.936. The van der Waals surface area contributed by atoms with Gasteiger partial charge in [-0.05, 0) is 12.1 Å². The van der Waals surface area contributed by atoms with E-state index in [9.17, 15) is 14.4 Å². The first-order chi connectivity index (χ1) is 7.07. The number of imide groups is 1. The number of para-hydroxylation sites is 1. The van der Waals surface area contributed by atoms with E-state index >= 15 is 0 Å². The Morgan fingerprint density at radius 1 is 1.20 bits per heavy atom. The zero-order valence-electron chi connectivity index (χ0n) is 7.38. The molecule has 6 heteroatoms. The molecule has 2 N–H and O–H groups in total. The normalized spacial score (nSPS) is 9.33. The van der Waals surface area contributed by atoms with Crippen molar-refractivity contribution in [2.24, 2.45) is 0 Å². The summed E-state index contributed by atoms with van der Waals surface area (Å²) >= 11 is 0. The SMILES string of the molecule is O=[C]N(C(=O)O)c1ccccc1C(=O)O. The molecule has 1 aromatic carbocycles. The van der Waals surface area contributed by atoms with Gasteiger partial charge < -0.3 is 10.2 Å². The number of amides is 2. The average Bonchev–Trinajstić information content (AvgIpc) is 2.18. The molecule has 0 fully saturated rings. The molecule has 77 valence electrons. The summed E-state index contributed by atoms with van der Waals surface area (Å²) in [5, 5.41) is 17.3. The molecule has 0 aliphatic rings. The first kappa shape index (κ1) is 10.7. The Kier molecular flexibility index (Phi) is 3.02. The van der Waals surface area contributed by atoms with Gasteiger partial charge in [-0.3, -0.25) is 4.79 Å². The van der Waals surface area contributed by atoms with Crippen LogP contribution in [0.5, 0.6) is 0 Å². The van der Waals surface area contributed by atoms with Crippen LogP contribution in [0.25, 0.3) is 0 Å². The summed E-state index contributed by atoms with van der Waals surface area (Å²) in [4.78, 5) is 31.8. The topological polar surface area (TPSA) is 94.9 Å². The van der Waals surface area contributed by atoms with Gasteiger partial charge in [-0.2, -0.15) is 0 Å². The van der Waals surface area contributed by atoms with Gasteiger partial charge in [0.05, 0.1) is 11.3 Å². The second-order valence-electron chi connectivity index (χ2n) is 2.53. The Balaban J connectivity index is 3.28. The minimum absolute atomic E-state index is 0.184. The zero-order valence-corrected chi connectivity index (χ0v) is 7.38. The number of nitrogens with zero attached hydrogens (tertiary/aromatic N) is 1. The zero-order chi connectivity index (χ0) is 11.4. The number of carbonyl (C=O) groups excluding carboxylic acids is 1. The van der Waals surface area contributed by atoms with Crippen LogP contribution < -0.4 is 4.90 Å². The largest absolute Gasteiger partial charge is 0.478 e. The number of rotatable bonds is 3. The Hall–Kier alpha value is -2.37. The third-order valence-electron chi connectivity index (χ3n) is 1.66. The van der Waals surface area contributed by atoms with E-state index < -0.39 is 12.1 Å². The van der Waals surface area contributed by atoms with Crippen molar-refractivity contribution in [3.8, 4) is 0 Å². The van der Waals surface area contributed by atoms with Gasteiger partial charge >= 0.3 is 18.5 Å². The van der Waals surface area contributed by atoms with Crippen molar-refractivity contribution in [2.75, 3.05) is 4.90 Å². The maximum absolute atomic E-state index is 10.7. The summed E-state index contributed by atoms with van der Waals surface area (Å²) < 4.78 is 0.